The number of phosphoric acid groups is 1. The summed E-state index contributed by atoms with van der Waals surface area (Å²) in [6.07, 6.45) is 47.6. The van der Waals surface area contributed by atoms with Crippen molar-refractivity contribution in [2.45, 2.75) is 148 Å². The molecule has 0 spiro atoms. The van der Waals surface area contributed by atoms with Crippen LogP contribution in [-0.2, 0) is 32.7 Å². The van der Waals surface area contributed by atoms with E-state index in [-0.39, 0.29) is 32.6 Å². The molecular formula is C43H72NO8P. The van der Waals surface area contributed by atoms with Crippen molar-refractivity contribution in [3.8, 4) is 0 Å². The average Bonchev–Trinajstić information content (AvgIpc) is 3.14. The molecule has 1 unspecified atom stereocenters. The topological polar surface area (TPSA) is 134 Å². The molecular weight excluding hydrogens is 689 g/mol. The Bertz CT molecular complexity index is 1140. The first-order valence-electron chi connectivity index (χ1n) is 20.1. The molecule has 0 aliphatic carbocycles. The van der Waals surface area contributed by atoms with Crippen molar-refractivity contribution in [1.82, 2.24) is 0 Å². The lowest BCUT2D eigenvalue weighted by Crippen LogP contribution is -2.29. The largest absolute Gasteiger partial charge is 0.472 e. The lowest BCUT2D eigenvalue weighted by Gasteiger charge is -2.19. The zero-order chi connectivity index (χ0) is 38.9. The number of carbonyl (C=O) groups excluding carboxylic acids is 2. The molecule has 0 aromatic heterocycles. The highest BCUT2D eigenvalue weighted by Gasteiger charge is 2.25. The maximum absolute atomic E-state index is 12.5. The van der Waals surface area contributed by atoms with E-state index >= 15 is 0 Å². The fraction of sp³-hybridized carbons (Fsp3) is 0.628. The minimum absolute atomic E-state index is 0.0378. The molecule has 9 nitrogen and oxygen atoms in total. The van der Waals surface area contributed by atoms with Gasteiger partial charge in [0.05, 0.1) is 13.2 Å². The van der Waals surface area contributed by atoms with Gasteiger partial charge < -0.3 is 20.1 Å². The number of allylic oxidation sites excluding steroid dienone is 14. The summed E-state index contributed by atoms with van der Waals surface area (Å²) in [7, 11) is -4.40. The molecule has 0 aliphatic heterocycles. The third-order valence-corrected chi connectivity index (χ3v) is 8.84. The maximum atomic E-state index is 12.5. The van der Waals surface area contributed by atoms with Gasteiger partial charge in [-0.2, -0.15) is 0 Å². The molecule has 0 rings (SSSR count). The molecule has 2 atom stereocenters. The smallest absolute Gasteiger partial charge is 0.462 e. The number of rotatable bonds is 36. The summed E-state index contributed by atoms with van der Waals surface area (Å²) in [6, 6.07) is 0. The van der Waals surface area contributed by atoms with E-state index < -0.39 is 32.5 Å². The van der Waals surface area contributed by atoms with Crippen LogP contribution < -0.4 is 5.73 Å². The summed E-state index contributed by atoms with van der Waals surface area (Å²) in [4.78, 5) is 34.8. The molecule has 0 heterocycles. The van der Waals surface area contributed by atoms with Gasteiger partial charge in [-0.3, -0.25) is 18.6 Å². The van der Waals surface area contributed by atoms with Crippen LogP contribution in [0.3, 0.4) is 0 Å². The molecule has 0 aromatic carbocycles. The molecule has 0 aromatic rings. The van der Waals surface area contributed by atoms with Gasteiger partial charge in [0.15, 0.2) is 6.10 Å². The Hall–Kier alpha value is -2.81. The second-order valence-electron chi connectivity index (χ2n) is 12.9. The van der Waals surface area contributed by atoms with Gasteiger partial charge in [-0.1, -0.05) is 150 Å². The van der Waals surface area contributed by atoms with Crippen molar-refractivity contribution in [3.05, 3.63) is 85.1 Å². The first-order valence-corrected chi connectivity index (χ1v) is 21.6. The number of unbranched alkanes of at least 4 members (excludes halogenated alkanes) is 12. The van der Waals surface area contributed by atoms with Gasteiger partial charge in [-0.15, -0.1) is 0 Å². The molecule has 0 fully saturated rings. The third kappa shape index (κ3) is 38.7. The van der Waals surface area contributed by atoms with E-state index in [0.29, 0.717) is 12.8 Å². The summed E-state index contributed by atoms with van der Waals surface area (Å²) >= 11 is 0. The Morgan fingerprint density at radius 2 is 1.13 bits per heavy atom. The summed E-state index contributed by atoms with van der Waals surface area (Å²) in [5.41, 5.74) is 5.33. The summed E-state index contributed by atoms with van der Waals surface area (Å²) < 4.78 is 32.6. The van der Waals surface area contributed by atoms with E-state index in [9.17, 15) is 19.0 Å². The van der Waals surface area contributed by atoms with E-state index in [2.05, 4.69) is 62.5 Å². The first-order chi connectivity index (χ1) is 25.8. The van der Waals surface area contributed by atoms with Crippen molar-refractivity contribution in [2.24, 2.45) is 5.73 Å². The van der Waals surface area contributed by atoms with E-state index in [1.807, 2.05) is 36.5 Å². The van der Waals surface area contributed by atoms with E-state index in [0.717, 1.165) is 64.2 Å². The van der Waals surface area contributed by atoms with Gasteiger partial charge in [0.2, 0.25) is 0 Å². The second kappa shape index (κ2) is 38.9. The van der Waals surface area contributed by atoms with Crippen LogP contribution in [0.2, 0.25) is 0 Å². The van der Waals surface area contributed by atoms with Gasteiger partial charge >= 0.3 is 19.8 Å². The van der Waals surface area contributed by atoms with Gasteiger partial charge in [0.25, 0.3) is 0 Å². The van der Waals surface area contributed by atoms with Crippen LogP contribution in [0, 0.1) is 0 Å². The van der Waals surface area contributed by atoms with Crippen LogP contribution in [0.25, 0.3) is 0 Å². The Labute approximate surface area is 322 Å². The van der Waals surface area contributed by atoms with Crippen LogP contribution in [0.5, 0.6) is 0 Å². The molecule has 0 aliphatic rings. The van der Waals surface area contributed by atoms with Crippen LogP contribution in [-0.4, -0.2) is 49.3 Å². The minimum Gasteiger partial charge on any atom is -0.462 e. The number of hydrogen-bond donors (Lipinski definition) is 2. The molecule has 0 radical (unpaired) electrons. The number of phosphoric ester groups is 1. The zero-order valence-corrected chi connectivity index (χ0v) is 33.9. The quantitative estimate of drug-likeness (QED) is 0.0210. The summed E-state index contributed by atoms with van der Waals surface area (Å²) in [6.45, 7) is 3.47. The van der Waals surface area contributed by atoms with Crippen molar-refractivity contribution >= 4 is 19.8 Å². The monoisotopic (exact) mass is 761 g/mol. The Kier molecular flexibility index (Phi) is 36.8. The highest BCUT2D eigenvalue weighted by atomic mass is 31.2. The molecule has 0 saturated carbocycles. The number of ether oxygens (including phenoxy) is 2. The molecule has 0 amide bonds. The lowest BCUT2D eigenvalue weighted by molar-refractivity contribution is -0.161. The maximum Gasteiger partial charge on any atom is 0.472 e. The third-order valence-electron chi connectivity index (χ3n) is 7.86. The predicted octanol–water partition coefficient (Wildman–Crippen LogP) is 11.3. The molecule has 0 saturated heterocycles. The van der Waals surface area contributed by atoms with Crippen LogP contribution in [0.4, 0.5) is 0 Å². The SMILES string of the molecule is CC/C=C/C=C/C=C/C=C/CCCCCCCC(=O)O[C@H](COC(=O)CCC/C=C/C/C=C/C/C=C/CCCCCCCC)COP(=O)(O)OCCN. The second-order valence-corrected chi connectivity index (χ2v) is 14.3. The Balaban J connectivity index is 4.34. The fourth-order valence-electron chi connectivity index (χ4n) is 4.89. The van der Waals surface area contributed by atoms with Crippen molar-refractivity contribution < 1.29 is 37.6 Å². The highest BCUT2D eigenvalue weighted by molar-refractivity contribution is 7.47. The average molecular weight is 762 g/mol. The number of carbonyl (C=O) groups is 2. The van der Waals surface area contributed by atoms with Crippen LogP contribution in [0.15, 0.2) is 85.1 Å². The number of hydrogen-bond acceptors (Lipinski definition) is 8. The number of nitrogens with two attached hydrogens (primary N) is 1. The Morgan fingerprint density at radius 1 is 0.604 bits per heavy atom. The molecule has 302 valence electrons. The summed E-state index contributed by atoms with van der Waals surface area (Å²) in [5, 5.41) is 0. The predicted molar refractivity (Wildman–Crippen MR) is 219 cm³/mol. The van der Waals surface area contributed by atoms with E-state index in [1.165, 1.54) is 38.5 Å². The normalized spacial score (nSPS) is 14.3. The molecule has 0 bridgehead atoms. The van der Waals surface area contributed by atoms with Crippen LogP contribution >= 0.6 is 7.82 Å². The minimum atomic E-state index is -4.40. The molecule has 10 heteroatoms. The molecule has 53 heavy (non-hydrogen) atoms. The van der Waals surface area contributed by atoms with Gasteiger partial charge in [0, 0.05) is 19.4 Å². The molecule has 3 N–H and O–H groups in total. The number of esters is 2. The highest BCUT2D eigenvalue weighted by Crippen LogP contribution is 2.43. The lowest BCUT2D eigenvalue weighted by atomic mass is 10.1. The van der Waals surface area contributed by atoms with Gasteiger partial charge in [-0.25, -0.2) is 4.57 Å². The van der Waals surface area contributed by atoms with Crippen molar-refractivity contribution in [1.29, 1.82) is 0 Å². The van der Waals surface area contributed by atoms with E-state index in [1.54, 1.807) is 0 Å². The van der Waals surface area contributed by atoms with Crippen LogP contribution in [0.1, 0.15) is 142 Å². The fourth-order valence-corrected chi connectivity index (χ4v) is 5.66. The first kappa shape index (κ1) is 50.2. The van der Waals surface area contributed by atoms with Gasteiger partial charge in [-0.05, 0) is 64.2 Å². The standard InChI is InChI=1S/C43H72NO8P/c1-3-5-7-9-11-13-15-17-19-20-22-23-25-27-29-31-33-35-42(45)49-39-41(40-51-53(47,48)50-38-37-44)52-43(46)36-34-32-30-28-26-24-21-18-16-14-12-10-8-6-4-2/h6,8,10,12,14,16-19,21-23,27,29,41H,3-5,7,9,11,13,15,20,24-26,28,30-40,44H2,1-2H3,(H,47,48)/b8-6+,12-10+,16-14+,19-17+,21-18+,23-22+,29-27+/t41-/m1/s1. The van der Waals surface area contributed by atoms with Crippen molar-refractivity contribution in [3.63, 3.8) is 0 Å². The Morgan fingerprint density at radius 3 is 1.77 bits per heavy atom. The van der Waals surface area contributed by atoms with Crippen molar-refractivity contribution in [2.75, 3.05) is 26.4 Å². The summed E-state index contributed by atoms with van der Waals surface area (Å²) in [5.74, 6) is -0.927. The van der Waals surface area contributed by atoms with Gasteiger partial charge in [0.1, 0.15) is 6.61 Å². The zero-order valence-electron chi connectivity index (χ0n) is 33.0. The van der Waals surface area contributed by atoms with E-state index in [4.69, 9.17) is 24.3 Å².